The molecular weight excluding hydrogens is 773 g/mol. The van der Waals surface area contributed by atoms with Crippen LogP contribution in [0.1, 0.15) is 168 Å². The van der Waals surface area contributed by atoms with E-state index in [2.05, 4.69) is 92.8 Å². The lowest BCUT2D eigenvalue weighted by Crippen LogP contribution is -2.59. The third-order valence-corrected chi connectivity index (χ3v) is 10.3. The van der Waals surface area contributed by atoms with E-state index in [4.69, 9.17) is 18.9 Å². The Morgan fingerprint density at radius 1 is 0.508 bits per heavy atom. The highest BCUT2D eigenvalue weighted by atomic mass is 16.7. The Kier molecular flexibility index (Phi) is 37.5. The summed E-state index contributed by atoms with van der Waals surface area (Å²) in [6.45, 7) is 3.29. The van der Waals surface area contributed by atoms with Gasteiger partial charge in [-0.3, -0.25) is 9.59 Å². The molecule has 0 radical (unpaired) electrons. The predicted octanol–water partition coefficient (Wildman–Crippen LogP) is 10.6. The minimum atomic E-state index is -1.61. The molecule has 0 saturated carbocycles. The highest BCUT2D eigenvalue weighted by molar-refractivity contribution is 5.70. The van der Waals surface area contributed by atoms with Crippen molar-refractivity contribution in [3.05, 3.63) is 85.1 Å². The number of ether oxygens (including phenoxy) is 4. The van der Waals surface area contributed by atoms with E-state index in [1.54, 1.807) is 0 Å². The molecule has 61 heavy (non-hydrogen) atoms. The van der Waals surface area contributed by atoms with Crippen LogP contribution < -0.4 is 0 Å². The third kappa shape index (κ3) is 32.3. The van der Waals surface area contributed by atoms with E-state index < -0.39 is 55.4 Å². The van der Waals surface area contributed by atoms with Crippen molar-refractivity contribution in [2.45, 2.75) is 205 Å². The van der Waals surface area contributed by atoms with Crippen molar-refractivity contribution < 1.29 is 49.0 Å². The summed E-state index contributed by atoms with van der Waals surface area (Å²) >= 11 is 0. The molecule has 1 heterocycles. The van der Waals surface area contributed by atoms with Gasteiger partial charge in [-0.15, -0.1) is 0 Å². The van der Waals surface area contributed by atoms with Crippen molar-refractivity contribution in [3.8, 4) is 0 Å². The molecule has 1 fully saturated rings. The molecule has 1 aliphatic rings. The molecule has 0 aromatic carbocycles. The fourth-order valence-corrected chi connectivity index (χ4v) is 6.48. The van der Waals surface area contributed by atoms with Crippen molar-refractivity contribution in [2.24, 2.45) is 0 Å². The molecule has 10 nitrogen and oxygen atoms in total. The van der Waals surface area contributed by atoms with Gasteiger partial charge in [0.25, 0.3) is 0 Å². The van der Waals surface area contributed by atoms with Crippen LogP contribution in [0.25, 0.3) is 0 Å². The van der Waals surface area contributed by atoms with E-state index in [1.165, 1.54) is 64.2 Å². The molecule has 0 bridgehead atoms. The van der Waals surface area contributed by atoms with Gasteiger partial charge in [-0.25, -0.2) is 0 Å². The number of aliphatic hydroxyl groups excluding tert-OH is 4. The van der Waals surface area contributed by atoms with Gasteiger partial charge in [0.1, 0.15) is 31.0 Å². The van der Waals surface area contributed by atoms with Crippen LogP contribution in [0, 0.1) is 0 Å². The van der Waals surface area contributed by atoms with Gasteiger partial charge in [0, 0.05) is 12.8 Å². The summed E-state index contributed by atoms with van der Waals surface area (Å²) in [5.41, 5.74) is 0. The second-order valence-electron chi connectivity index (χ2n) is 15.8. The minimum absolute atomic E-state index is 0.146. The van der Waals surface area contributed by atoms with E-state index in [0.29, 0.717) is 19.3 Å². The molecule has 1 aliphatic heterocycles. The van der Waals surface area contributed by atoms with Crippen LogP contribution in [0.15, 0.2) is 85.1 Å². The van der Waals surface area contributed by atoms with Crippen LogP contribution in [0.2, 0.25) is 0 Å². The van der Waals surface area contributed by atoms with E-state index in [9.17, 15) is 30.0 Å². The van der Waals surface area contributed by atoms with Crippen molar-refractivity contribution in [1.29, 1.82) is 0 Å². The topological polar surface area (TPSA) is 152 Å². The van der Waals surface area contributed by atoms with Gasteiger partial charge in [-0.05, 0) is 89.9 Å². The van der Waals surface area contributed by atoms with Gasteiger partial charge in [0.05, 0.1) is 13.2 Å². The summed E-state index contributed by atoms with van der Waals surface area (Å²) in [5.74, 6) is -0.911. The number of hydrogen-bond donors (Lipinski definition) is 4. The third-order valence-electron chi connectivity index (χ3n) is 10.3. The zero-order valence-corrected chi connectivity index (χ0v) is 37.9. The fraction of sp³-hybridized carbons (Fsp3) is 0.686. The van der Waals surface area contributed by atoms with Gasteiger partial charge in [0.15, 0.2) is 12.4 Å². The normalized spacial score (nSPS) is 20.5. The molecule has 0 amide bonds. The van der Waals surface area contributed by atoms with Crippen LogP contribution in [0.5, 0.6) is 0 Å². The highest BCUT2D eigenvalue weighted by Crippen LogP contribution is 2.22. The largest absolute Gasteiger partial charge is 0.462 e. The number of esters is 2. The Morgan fingerprint density at radius 3 is 1.46 bits per heavy atom. The van der Waals surface area contributed by atoms with E-state index >= 15 is 0 Å². The molecule has 0 spiro atoms. The van der Waals surface area contributed by atoms with E-state index in [0.717, 1.165) is 57.8 Å². The molecule has 4 N–H and O–H groups in total. The number of hydrogen-bond acceptors (Lipinski definition) is 10. The lowest BCUT2D eigenvalue weighted by Gasteiger charge is -2.39. The van der Waals surface area contributed by atoms with Gasteiger partial charge < -0.3 is 39.4 Å². The Labute approximate surface area is 369 Å². The number of allylic oxidation sites excluding steroid dienone is 14. The van der Waals surface area contributed by atoms with Crippen LogP contribution >= 0.6 is 0 Å². The molecule has 0 aromatic rings. The average molecular weight is 857 g/mol. The summed E-state index contributed by atoms with van der Waals surface area (Å²) in [5, 5.41) is 40.1. The molecule has 10 heteroatoms. The monoisotopic (exact) mass is 857 g/mol. The quantitative estimate of drug-likeness (QED) is 0.0268. The number of carbonyl (C=O) groups excluding carboxylic acids is 2. The summed E-state index contributed by atoms with van der Waals surface area (Å²) in [4.78, 5) is 25.3. The Hall–Kier alpha value is -3.12. The maximum atomic E-state index is 12.8. The standard InChI is InChI=1S/C51H84O10/c1-3-5-7-9-11-13-15-17-19-21-22-24-25-27-29-31-33-35-37-39-46(53)58-42-44(43-59-51-50(57)49(56)48(55)45(41-52)61-51)60-47(54)40-38-36-34-32-30-28-26-23-20-18-16-14-12-10-8-6-4-2/h11,13,17-20,22,24,26-29,32,34,44-45,48-52,55-57H,3-10,12,14-16,21,23,25,30-31,33,35-43H2,1-2H3/b13-11+,19-17+,20-18+,24-22+,28-26+,29-27+,34-32+/t44-,45-,48+,49?,50?,51-/m0/s1. The average Bonchev–Trinajstić information content (AvgIpc) is 3.26. The number of carbonyl (C=O) groups is 2. The van der Waals surface area contributed by atoms with Gasteiger partial charge >= 0.3 is 11.9 Å². The SMILES string of the molecule is CCCCC/C=C/C/C=C/C/C=C/C/C=C/CCCCCC(=O)OC[C@@H](CO[C@H]1O[C@@H](CO)[C@@H](O)C(O)C1O)OC(=O)CCC/C=C/C/C=C/C/C=C/CCCCCCCC. The van der Waals surface area contributed by atoms with Crippen LogP contribution in [0.3, 0.4) is 0 Å². The Bertz CT molecular complexity index is 1270. The van der Waals surface area contributed by atoms with Gasteiger partial charge in [-0.2, -0.15) is 0 Å². The second-order valence-corrected chi connectivity index (χ2v) is 15.8. The van der Waals surface area contributed by atoms with E-state index in [-0.39, 0.29) is 26.1 Å². The highest BCUT2D eigenvalue weighted by Gasteiger charge is 2.44. The molecule has 0 aliphatic carbocycles. The molecule has 0 aromatic heterocycles. The minimum Gasteiger partial charge on any atom is -0.462 e. The summed E-state index contributed by atoms with van der Waals surface area (Å²) in [6.07, 6.45) is 45.9. The van der Waals surface area contributed by atoms with E-state index in [1.807, 2.05) is 6.08 Å². The van der Waals surface area contributed by atoms with Crippen molar-refractivity contribution in [2.75, 3.05) is 19.8 Å². The van der Waals surface area contributed by atoms with Gasteiger partial charge in [0.2, 0.25) is 0 Å². The first-order valence-electron chi connectivity index (χ1n) is 23.7. The first-order valence-corrected chi connectivity index (χ1v) is 23.7. The smallest absolute Gasteiger partial charge is 0.306 e. The van der Waals surface area contributed by atoms with Crippen molar-refractivity contribution in [3.63, 3.8) is 0 Å². The van der Waals surface area contributed by atoms with Crippen molar-refractivity contribution >= 4 is 11.9 Å². The van der Waals surface area contributed by atoms with Crippen molar-refractivity contribution in [1.82, 2.24) is 0 Å². The number of rotatable bonds is 38. The molecule has 348 valence electrons. The first-order chi connectivity index (χ1) is 29.8. The molecule has 1 saturated heterocycles. The maximum absolute atomic E-state index is 12.8. The lowest BCUT2D eigenvalue weighted by atomic mass is 9.99. The summed E-state index contributed by atoms with van der Waals surface area (Å²) < 4.78 is 22.1. The molecule has 2 unspecified atom stereocenters. The Morgan fingerprint density at radius 2 is 0.934 bits per heavy atom. The van der Waals surface area contributed by atoms with Crippen LogP contribution in [-0.4, -0.2) is 89.0 Å². The number of unbranched alkanes of at least 4 members (excludes halogenated alkanes) is 13. The number of aliphatic hydroxyl groups is 4. The van der Waals surface area contributed by atoms with Gasteiger partial charge in [-0.1, -0.05) is 150 Å². The summed E-state index contributed by atoms with van der Waals surface area (Å²) in [7, 11) is 0. The Balaban J connectivity index is 2.39. The first kappa shape index (κ1) is 55.9. The second kappa shape index (κ2) is 40.9. The zero-order valence-electron chi connectivity index (χ0n) is 37.9. The van der Waals surface area contributed by atoms with Crippen LogP contribution in [0.4, 0.5) is 0 Å². The zero-order chi connectivity index (χ0) is 44.4. The predicted molar refractivity (Wildman–Crippen MR) is 247 cm³/mol. The lowest BCUT2D eigenvalue weighted by molar-refractivity contribution is -0.305. The summed E-state index contributed by atoms with van der Waals surface area (Å²) in [6, 6.07) is 0. The molecule has 6 atom stereocenters. The maximum Gasteiger partial charge on any atom is 0.306 e. The fourth-order valence-electron chi connectivity index (χ4n) is 6.48. The van der Waals surface area contributed by atoms with Crippen LogP contribution in [-0.2, 0) is 28.5 Å². The molecular formula is C51H84O10. The molecule has 1 rings (SSSR count).